The molecule has 0 unspecified atom stereocenters. The Morgan fingerprint density at radius 1 is 0.750 bits per heavy atom. The molecule has 0 spiro atoms. The van der Waals surface area contributed by atoms with Crippen molar-refractivity contribution in [3.05, 3.63) is 0 Å². The van der Waals surface area contributed by atoms with E-state index in [1.807, 2.05) is 0 Å². The van der Waals surface area contributed by atoms with Crippen LogP contribution in [0.2, 0.25) is 0 Å². The number of nitrogens with two attached hydrogens (primary N) is 2. The highest BCUT2D eigenvalue weighted by molar-refractivity contribution is 3.26. The lowest BCUT2D eigenvalue weighted by Gasteiger charge is -1.27. The second-order valence-electron chi connectivity index (χ2n) is 0. The molecule has 0 bridgehead atoms. The summed E-state index contributed by atoms with van der Waals surface area (Å²) in [5, 5.41) is 0. The summed E-state index contributed by atoms with van der Waals surface area (Å²) in [6.07, 6.45) is 0. The highest BCUT2D eigenvalue weighted by atomic mass is 15.0. The first-order chi connectivity index (χ1) is 1.00. The maximum absolute atomic E-state index is 4.00. The van der Waals surface area contributed by atoms with Crippen molar-refractivity contribution in [1.82, 2.24) is 12.3 Å². The first-order valence-electron chi connectivity index (χ1n) is 0.333. The van der Waals surface area contributed by atoms with Crippen molar-refractivity contribution in [2.24, 2.45) is 11.7 Å². The summed E-state index contributed by atoms with van der Waals surface area (Å²) < 4.78 is 0. The molecule has 0 fully saturated rings. The molecule has 4 heavy (non-hydrogen) atoms. The van der Waals surface area contributed by atoms with E-state index in [1.54, 1.807) is 0 Å². The van der Waals surface area contributed by atoms with Gasteiger partial charge in [0.05, 0.1) is 0 Å². The Kier molecular flexibility index (Phi) is 4120. The SMILES string of the molecule is NN.[N].[N]. The van der Waals surface area contributed by atoms with E-state index in [1.165, 1.54) is 0 Å². The molecule has 0 aromatic rings. The number of hydrazine groups is 1. The predicted molar refractivity (Wildman–Crippen MR) is 12.6 cm³/mol. The molecular weight excluding hydrogens is 56.0 g/mol. The minimum atomic E-state index is 0. The largest absolute Gasteiger partial charge is 0.274 e. The van der Waals surface area contributed by atoms with Crippen molar-refractivity contribution < 1.29 is 0 Å². The molecule has 4 N–H and O–H groups in total. The van der Waals surface area contributed by atoms with Crippen LogP contribution in [0, 0.1) is 0 Å². The molecule has 0 rings (SSSR count). The third-order valence-corrected chi connectivity index (χ3v) is 0. The van der Waals surface area contributed by atoms with Crippen LogP contribution in [0.5, 0.6) is 0 Å². The molecule has 4 heteroatoms. The minimum Gasteiger partial charge on any atom is -0.274 e. The summed E-state index contributed by atoms with van der Waals surface area (Å²) in [7, 11) is 0. The van der Waals surface area contributed by atoms with Gasteiger partial charge in [0.15, 0.2) is 0 Å². The Morgan fingerprint density at radius 2 is 0.750 bits per heavy atom. The number of rotatable bonds is 0. The van der Waals surface area contributed by atoms with Crippen LogP contribution < -0.4 is 24.0 Å². The van der Waals surface area contributed by atoms with Gasteiger partial charge >= 0.3 is 0 Å². The number of hydrogen-bond donors (Lipinski definition) is 2. The van der Waals surface area contributed by atoms with Crippen molar-refractivity contribution in [1.29, 1.82) is 0 Å². The second kappa shape index (κ2) is 376. The van der Waals surface area contributed by atoms with Gasteiger partial charge in [0.1, 0.15) is 0 Å². The molecule has 0 atom stereocenters. The maximum atomic E-state index is 4.00. The molecule has 0 saturated heterocycles. The molecule has 0 aromatic heterocycles. The van der Waals surface area contributed by atoms with Gasteiger partial charge in [-0.3, -0.25) is 11.7 Å². The molecule has 4 nitrogen and oxygen atoms in total. The summed E-state index contributed by atoms with van der Waals surface area (Å²) in [5.74, 6) is 8.00. The molecule has 0 aromatic carbocycles. The average Bonchev–Trinajstić information content (AvgIpc) is 1.00. The fraction of sp³-hybridized carbons (Fsp3) is 0. The van der Waals surface area contributed by atoms with Crippen LogP contribution in [-0.2, 0) is 0 Å². The zero-order valence-electron chi connectivity index (χ0n) is 2.05. The van der Waals surface area contributed by atoms with Gasteiger partial charge < -0.3 is 0 Å². The molecule has 0 heterocycles. The summed E-state index contributed by atoms with van der Waals surface area (Å²) in [6, 6.07) is 0. The standard InChI is InChI=1S/H4N2.2N/c1-2;;/h1-2H2;;. The highest BCUT2D eigenvalue weighted by Crippen LogP contribution is -0.0190. The van der Waals surface area contributed by atoms with Crippen molar-refractivity contribution >= 4 is 0 Å². The van der Waals surface area contributed by atoms with E-state index >= 15 is 0 Å². The summed E-state index contributed by atoms with van der Waals surface area (Å²) in [6.45, 7) is 0. The number of hydrogen-bond acceptors (Lipinski definition) is 2. The Morgan fingerprint density at radius 3 is 0.750 bits per heavy atom. The third-order valence-electron chi connectivity index (χ3n) is 0. The van der Waals surface area contributed by atoms with Gasteiger partial charge in [-0.05, 0) is 0 Å². The zero-order valence-corrected chi connectivity index (χ0v) is 2.05. The first kappa shape index (κ1) is 43.9. The average molecular weight is 60.1 g/mol. The summed E-state index contributed by atoms with van der Waals surface area (Å²) in [5.41, 5.74) is 0. The molecule has 0 aliphatic carbocycles. The maximum Gasteiger partial charge on any atom is 0 e. The second-order valence-corrected chi connectivity index (χ2v) is 0. The molecule has 6 radical (unpaired) electrons. The first-order valence-corrected chi connectivity index (χ1v) is 0.333. The van der Waals surface area contributed by atoms with Gasteiger partial charge in [-0.25, -0.2) is 0 Å². The van der Waals surface area contributed by atoms with E-state index in [0.717, 1.165) is 0 Å². The van der Waals surface area contributed by atoms with Crippen LogP contribution in [0.25, 0.3) is 0 Å². The minimum absolute atomic E-state index is 0. The smallest absolute Gasteiger partial charge is 0 e. The van der Waals surface area contributed by atoms with Crippen molar-refractivity contribution in [3.63, 3.8) is 0 Å². The van der Waals surface area contributed by atoms with Gasteiger partial charge in [0.25, 0.3) is 0 Å². The lowest BCUT2D eigenvalue weighted by Crippen LogP contribution is -2.02. The predicted octanol–water partition coefficient (Wildman–Crippen LogP) is -2.14. The Hall–Kier alpha value is -0.160. The van der Waals surface area contributed by atoms with Crippen LogP contribution in [0.3, 0.4) is 0 Å². The lowest BCUT2D eigenvalue weighted by atomic mass is 13.0. The summed E-state index contributed by atoms with van der Waals surface area (Å²) >= 11 is 0. The lowest BCUT2D eigenvalue weighted by molar-refractivity contribution is 1.26. The normalized spacial score (nSPS) is 1.50. The third kappa shape index (κ3) is 50.7. The fourth-order valence-electron chi connectivity index (χ4n) is 0. The van der Waals surface area contributed by atoms with Crippen LogP contribution in [0.4, 0.5) is 0 Å². The van der Waals surface area contributed by atoms with Gasteiger partial charge in [-0.1, -0.05) is 0 Å². The van der Waals surface area contributed by atoms with E-state index in [9.17, 15) is 0 Å². The van der Waals surface area contributed by atoms with Gasteiger partial charge in [0.2, 0.25) is 0 Å². The van der Waals surface area contributed by atoms with E-state index in [2.05, 4.69) is 11.7 Å². The zero-order chi connectivity index (χ0) is 2.00. The summed E-state index contributed by atoms with van der Waals surface area (Å²) in [4.78, 5) is 0. The van der Waals surface area contributed by atoms with Crippen LogP contribution in [0.1, 0.15) is 0 Å². The van der Waals surface area contributed by atoms with Crippen LogP contribution >= 0.6 is 0 Å². The quantitative estimate of drug-likeness (QED) is 0.245. The van der Waals surface area contributed by atoms with Gasteiger partial charge in [0, 0.05) is 12.3 Å². The van der Waals surface area contributed by atoms with Gasteiger partial charge in [-0.2, -0.15) is 0 Å². The monoisotopic (exact) mass is 60.0 g/mol. The van der Waals surface area contributed by atoms with Gasteiger partial charge in [-0.15, -0.1) is 0 Å². The topological polar surface area (TPSA) is 113 Å². The Labute approximate surface area is 25.3 Å². The van der Waals surface area contributed by atoms with E-state index in [-0.39, 0.29) is 12.3 Å². The van der Waals surface area contributed by atoms with E-state index in [4.69, 9.17) is 0 Å². The van der Waals surface area contributed by atoms with Crippen molar-refractivity contribution in [2.45, 2.75) is 0 Å². The highest BCUT2D eigenvalue weighted by Gasteiger charge is 0.726. The van der Waals surface area contributed by atoms with E-state index < -0.39 is 0 Å². The van der Waals surface area contributed by atoms with Crippen molar-refractivity contribution in [2.75, 3.05) is 0 Å². The van der Waals surface area contributed by atoms with E-state index in [0.29, 0.717) is 0 Å². The molecule has 0 amide bonds. The molecule has 0 saturated carbocycles. The molecule has 24 valence electrons. The fourth-order valence-corrected chi connectivity index (χ4v) is 0. The van der Waals surface area contributed by atoms with Crippen LogP contribution in [0.15, 0.2) is 0 Å². The number of nitrogens with zero attached hydrogens (tertiary/aromatic N) is 2. The van der Waals surface area contributed by atoms with Crippen LogP contribution in [-0.4, -0.2) is 0 Å². The van der Waals surface area contributed by atoms with Crippen molar-refractivity contribution in [3.8, 4) is 0 Å². The molecule has 0 aliphatic heterocycles. The molecule has 0 aliphatic rings. The Bertz CT molecular complexity index is 0. The Balaban J connectivity index is -0.00000000500. The molecular formula is H4N4.